The number of unbranched alkanes of at least 4 members (excludes halogenated alkanes) is 2. The Labute approximate surface area is 178 Å². The smallest absolute Gasteiger partial charge is 0.262 e. The van der Waals surface area contributed by atoms with Crippen LogP contribution in [0.5, 0.6) is 0 Å². The van der Waals surface area contributed by atoms with Gasteiger partial charge in [-0.2, -0.15) is 0 Å². The molecule has 1 heterocycles. The van der Waals surface area contributed by atoms with Gasteiger partial charge >= 0.3 is 0 Å². The van der Waals surface area contributed by atoms with Gasteiger partial charge in [0.2, 0.25) is 5.91 Å². The van der Waals surface area contributed by atoms with Gasteiger partial charge in [-0.25, -0.2) is 0 Å². The third kappa shape index (κ3) is 6.78. The second kappa shape index (κ2) is 11.3. The number of H-pyrrole nitrogens is 1. The van der Waals surface area contributed by atoms with Crippen molar-refractivity contribution in [2.24, 2.45) is 0 Å². The van der Waals surface area contributed by atoms with E-state index < -0.39 is 0 Å². The molecule has 1 aromatic heterocycles. The number of hydrogen-bond donors (Lipinski definition) is 2. The average molecular weight is 419 g/mol. The van der Waals surface area contributed by atoms with Crippen molar-refractivity contribution >= 4 is 29.0 Å². The van der Waals surface area contributed by atoms with Gasteiger partial charge in [0.05, 0.1) is 10.9 Å². The van der Waals surface area contributed by atoms with E-state index in [-0.39, 0.29) is 11.5 Å². The molecular formula is C22H34N4O2S. The van der Waals surface area contributed by atoms with Gasteiger partial charge in [-0.3, -0.25) is 19.1 Å². The molecule has 29 heavy (non-hydrogen) atoms. The largest absolute Gasteiger partial charge is 0.355 e. The molecule has 0 radical (unpaired) electrons. The molecule has 0 fully saturated rings. The number of rotatable bonds is 11. The fourth-order valence-corrected chi connectivity index (χ4v) is 3.94. The standard InChI is InChI=1S/C22H34N4O2S/c1-16(2)25(17(3)4)15-13-23-20(27)12-6-5-9-14-26-21(28)18-10-7-8-11-19(18)24-22(26)29/h7-8,10-11,16-17H,5-6,9,12-15H2,1-4H3,(H,23,27)(H,24,29). The highest BCUT2D eigenvalue weighted by molar-refractivity contribution is 7.71. The number of nitrogens with one attached hydrogen (secondary N) is 2. The highest BCUT2D eigenvalue weighted by Crippen LogP contribution is 2.08. The Morgan fingerprint density at radius 3 is 2.52 bits per heavy atom. The van der Waals surface area contributed by atoms with Crippen LogP contribution in [0.4, 0.5) is 0 Å². The SMILES string of the molecule is CC(C)N(CCNC(=O)CCCCCn1c(=S)[nH]c2ccccc2c1=O)C(C)C. The van der Waals surface area contributed by atoms with E-state index in [0.29, 0.717) is 41.8 Å². The minimum atomic E-state index is -0.0537. The zero-order valence-electron chi connectivity index (χ0n) is 18.0. The maximum atomic E-state index is 12.6. The Balaban J connectivity index is 1.72. The van der Waals surface area contributed by atoms with Crippen molar-refractivity contribution in [1.29, 1.82) is 0 Å². The second-order valence-corrected chi connectivity index (χ2v) is 8.41. The Kier molecular flexibility index (Phi) is 9.04. The molecule has 0 aliphatic heterocycles. The topological polar surface area (TPSA) is 70.1 Å². The predicted octanol–water partition coefficient (Wildman–Crippen LogP) is 3.85. The van der Waals surface area contributed by atoms with Crippen LogP contribution in [0.3, 0.4) is 0 Å². The second-order valence-electron chi connectivity index (χ2n) is 8.02. The van der Waals surface area contributed by atoms with Gasteiger partial charge in [-0.15, -0.1) is 0 Å². The molecule has 0 unspecified atom stereocenters. The Hall–Kier alpha value is -1.99. The lowest BCUT2D eigenvalue weighted by molar-refractivity contribution is -0.121. The van der Waals surface area contributed by atoms with Crippen LogP contribution >= 0.6 is 12.2 Å². The van der Waals surface area contributed by atoms with Crippen LogP contribution < -0.4 is 10.9 Å². The number of carbonyl (C=O) groups excluding carboxylic acids is 1. The average Bonchev–Trinajstić information content (AvgIpc) is 2.66. The van der Waals surface area contributed by atoms with Crippen LogP contribution in [-0.2, 0) is 11.3 Å². The summed E-state index contributed by atoms with van der Waals surface area (Å²) in [6.07, 6.45) is 3.02. The van der Waals surface area contributed by atoms with Crippen molar-refractivity contribution in [1.82, 2.24) is 19.8 Å². The van der Waals surface area contributed by atoms with Crippen molar-refractivity contribution in [3.05, 3.63) is 39.4 Å². The number of aromatic amines is 1. The van der Waals surface area contributed by atoms with Gasteiger partial charge < -0.3 is 10.3 Å². The van der Waals surface area contributed by atoms with Crippen molar-refractivity contribution < 1.29 is 4.79 Å². The lowest BCUT2D eigenvalue weighted by Gasteiger charge is -2.30. The van der Waals surface area contributed by atoms with E-state index in [1.807, 2.05) is 24.3 Å². The zero-order chi connectivity index (χ0) is 21.4. The first-order valence-electron chi connectivity index (χ1n) is 10.6. The first-order valence-corrected chi connectivity index (χ1v) is 11.0. The highest BCUT2D eigenvalue weighted by atomic mass is 32.1. The quantitative estimate of drug-likeness (QED) is 0.429. The molecule has 0 aliphatic carbocycles. The summed E-state index contributed by atoms with van der Waals surface area (Å²) >= 11 is 5.33. The number of carbonyl (C=O) groups is 1. The molecule has 0 bridgehead atoms. The van der Waals surface area contributed by atoms with E-state index in [2.05, 4.69) is 42.9 Å². The molecule has 2 rings (SSSR count). The molecule has 1 amide bonds. The van der Waals surface area contributed by atoms with Gasteiger partial charge in [0, 0.05) is 38.1 Å². The summed E-state index contributed by atoms with van der Waals surface area (Å²) in [4.78, 5) is 30.1. The number of para-hydroxylation sites is 1. The number of benzene rings is 1. The summed E-state index contributed by atoms with van der Waals surface area (Å²) in [6, 6.07) is 8.34. The summed E-state index contributed by atoms with van der Waals surface area (Å²) in [5, 5.41) is 3.66. The summed E-state index contributed by atoms with van der Waals surface area (Å²) in [7, 11) is 0. The molecule has 2 N–H and O–H groups in total. The molecular weight excluding hydrogens is 384 g/mol. The monoisotopic (exact) mass is 418 g/mol. The van der Waals surface area contributed by atoms with Crippen LogP contribution in [-0.4, -0.2) is 45.5 Å². The molecule has 0 atom stereocenters. The van der Waals surface area contributed by atoms with Crippen molar-refractivity contribution in [3.63, 3.8) is 0 Å². The van der Waals surface area contributed by atoms with Crippen LogP contribution in [0, 0.1) is 4.77 Å². The van der Waals surface area contributed by atoms with E-state index >= 15 is 0 Å². The normalized spacial score (nSPS) is 11.7. The molecule has 0 aliphatic rings. The molecule has 160 valence electrons. The van der Waals surface area contributed by atoms with Crippen LogP contribution in [0.25, 0.3) is 10.9 Å². The van der Waals surface area contributed by atoms with E-state index in [1.54, 1.807) is 4.57 Å². The maximum Gasteiger partial charge on any atom is 0.262 e. The lowest BCUT2D eigenvalue weighted by Crippen LogP contribution is -2.42. The lowest BCUT2D eigenvalue weighted by atomic mass is 10.2. The van der Waals surface area contributed by atoms with Crippen LogP contribution in [0.15, 0.2) is 29.1 Å². The molecule has 6 nitrogen and oxygen atoms in total. The summed E-state index contributed by atoms with van der Waals surface area (Å²) in [6.45, 7) is 10.8. The third-order valence-electron chi connectivity index (χ3n) is 5.19. The first-order chi connectivity index (χ1) is 13.8. The van der Waals surface area contributed by atoms with E-state index in [4.69, 9.17) is 12.2 Å². The predicted molar refractivity (Wildman–Crippen MR) is 122 cm³/mol. The zero-order valence-corrected chi connectivity index (χ0v) is 18.8. The van der Waals surface area contributed by atoms with Gasteiger partial charge in [-0.1, -0.05) is 18.6 Å². The fourth-order valence-electron chi connectivity index (χ4n) is 3.66. The van der Waals surface area contributed by atoms with E-state index in [1.165, 1.54) is 0 Å². The number of nitrogens with zero attached hydrogens (tertiary/aromatic N) is 2. The highest BCUT2D eigenvalue weighted by Gasteiger charge is 2.13. The Morgan fingerprint density at radius 2 is 1.83 bits per heavy atom. The van der Waals surface area contributed by atoms with Gasteiger partial charge in [0.25, 0.3) is 5.56 Å². The molecule has 1 aromatic carbocycles. The summed E-state index contributed by atoms with van der Waals surface area (Å²) in [5.41, 5.74) is 0.714. The molecule has 7 heteroatoms. The fraction of sp³-hybridized carbons (Fsp3) is 0.591. The number of hydrogen-bond acceptors (Lipinski definition) is 4. The number of fused-ring (bicyclic) bond motifs is 1. The third-order valence-corrected chi connectivity index (χ3v) is 5.52. The van der Waals surface area contributed by atoms with E-state index in [0.717, 1.165) is 31.3 Å². The molecule has 0 saturated carbocycles. The summed E-state index contributed by atoms with van der Waals surface area (Å²) in [5.74, 6) is 0.0950. The maximum absolute atomic E-state index is 12.6. The minimum Gasteiger partial charge on any atom is -0.355 e. The Bertz CT molecular complexity index is 909. The van der Waals surface area contributed by atoms with Gasteiger partial charge in [-0.05, 0) is 64.9 Å². The Morgan fingerprint density at radius 1 is 1.14 bits per heavy atom. The van der Waals surface area contributed by atoms with Crippen molar-refractivity contribution in [2.45, 2.75) is 72.0 Å². The number of aromatic nitrogens is 2. The van der Waals surface area contributed by atoms with Crippen LogP contribution in [0.1, 0.15) is 53.4 Å². The van der Waals surface area contributed by atoms with Crippen LogP contribution in [0.2, 0.25) is 0 Å². The minimum absolute atomic E-state index is 0.0537. The van der Waals surface area contributed by atoms with Gasteiger partial charge in [0.1, 0.15) is 0 Å². The molecule has 0 spiro atoms. The first kappa shape index (κ1) is 23.3. The van der Waals surface area contributed by atoms with Crippen molar-refractivity contribution in [2.75, 3.05) is 13.1 Å². The molecule has 0 saturated heterocycles. The summed E-state index contributed by atoms with van der Waals surface area (Å²) < 4.78 is 2.07. The van der Waals surface area contributed by atoms with Gasteiger partial charge in [0.15, 0.2) is 4.77 Å². The number of amides is 1. The molecule has 2 aromatic rings. The van der Waals surface area contributed by atoms with Crippen molar-refractivity contribution in [3.8, 4) is 0 Å². The van der Waals surface area contributed by atoms with E-state index in [9.17, 15) is 9.59 Å².